The van der Waals surface area contributed by atoms with Crippen LogP contribution in [-0.2, 0) is 0 Å². The SMILES string of the molecule is COc1ccc(-c2cnc(NC3CCCC3)c3nccn23)cc1. The van der Waals surface area contributed by atoms with Crippen LogP contribution in [0.1, 0.15) is 25.7 Å². The van der Waals surface area contributed by atoms with Crippen molar-refractivity contribution in [2.75, 3.05) is 12.4 Å². The number of imidazole rings is 1. The molecule has 1 aromatic carbocycles. The molecular weight excluding hydrogens is 288 g/mol. The molecule has 4 rings (SSSR count). The van der Waals surface area contributed by atoms with Crippen LogP contribution in [0.3, 0.4) is 0 Å². The van der Waals surface area contributed by atoms with Crippen LogP contribution in [0, 0.1) is 0 Å². The van der Waals surface area contributed by atoms with Gasteiger partial charge in [0.1, 0.15) is 5.75 Å². The molecule has 1 saturated carbocycles. The highest BCUT2D eigenvalue weighted by molar-refractivity contribution is 5.70. The Kier molecular flexibility index (Phi) is 3.61. The van der Waals surface area contributed by atoms with E-state index in [0.717, 1.165) is 28.5 Å². The van der Waals surface area contributed by atoms with E-state index in [0.29, 0.717) is 6.04 Å². The van der Waals surface area contributed by atoms with E-state index in [9.17, 15) is 0 Å². The molecule has 2 heterocycles. The van der Waals surface area contributed by atoms with E-state index in [4.69, 9.17) is 4.74 Å². The first-order valence-electron chi connectivity index (χ1n) is 8.08. The van der Waals surface area contributed by atoms with Crippen LogP contribution in [-0.4, -0.2) is 27.5 Å². The van der Waals surface area contributed by atoms with Crippen LogP contribution >= 0.6 is 0 Å². The first kappa shape index (κ1) is 14.1. The van der Waals surface area contributed by atoms with Gasteiger partial charge in [-0.15, -0.1) is 0 Å². The first-order valence-corrected chi connectivity index (χ1v) is 8.08. The maximum absolute atomic E-state index is 5.23. The molecule has 0 amide bonds. The average molecular weight is 308 g/mol. The fraction of sp³-hybridized carbons (Fsp3) is 0.333. The van der Waals surface area contributed by atoms with Crippen molar-refractivity contribution < 1.29 is 4.74 Å². The third-order valence-electron chi connectivity index (χ3n) is 4.51. The Hall–Kier alpha value is -2.56. The Morgan fingerprint density at radius 2 is 1.91 bits per heavy atom. The molecular formula is C18H20N4O. The first-order chi connectivity index (χ1) is 11.3. The van der Waals surface area contributed by atoms with Gasteiger partial charge in [-0.05, 0) is 37.1 Å². The Bertz CT molecular complexity index is 804. The number of nitrogens with zero attached hydrogens (tertiary/aromatic N) is 3. The number of hydrogen-bond acceptors (Lipinski definition) is 4. The van der Waals surface area contributed by atoms with Gasteiger partial charge in [-0.1, -0.05) is 12.8 Å². The Balaban J connectivity index is 1.72. The number of anilines is 1. The van der Waals surface area contributed by atoms with Gasteiger partial charge in [0.05, 0.1) is 19.0 Å². The molecule has 1 N–H and O–H groups in total. The van der Waals surface area contributed by atoms with Crippen LogP contribution in [0.2, 0.25) is 0 Å². The summed E-state index contributed by atoms with van der Waals surface area (Å²) in [6.07, 6.45) is 10.7. The van der Waals surface area contributed by atoms with Gasteiger partial charge in [0.25, 0.3) is 0 Å². The summed E-state index contributed by atoms with van der Waals surface area (Å²) in [7, 11) is 1.67. The van der Waals surface area contributed by atoms with Crippen molar-refractivity contribution in [1.29, 1.82) is 0 Å². The third kappa shape index (κ3) is 2.63. The molecule has 118 valence electrons. The quantitative estimate of drug-likeness (QED) is 0.797. The minimum absolute atomic E-state index is 0.523. The van der Waals surface area contributed by atoms with Gasteiger partial charge in [-0.2, -0.15) is 0 Å². The maximum atomic E-state index is 5.23. The molecule has 0 radical (unpaired) electrons. The lowest BCUT2D eigenvalue weighted by Crippen LogP contribution is -2.16. The van der Waals surface area contributed by atoms with Gasteiger partial charge in [0.2, 0.25) is 0 Å². The van der Waals surface area contributed by atoms with Crippen LogP contribution in [0.25, 0.3) is 16.9 Å². The number of aromatic nitrogens is 3. The van der Waals surface area contributed by atoms with Crippen molar-refractivity contribution in [1.82, 2.24) is 14.4 Å². The Labute approximate surface area is 135 Å². The van der Waals surface area contributed by atoms with Crippen LogP contribution in [0.4, 0.5) is 5.82 Å². The average Bonchev–Trinajstić information content (AvgIpc) is 3.27. The summed E-state index contributed by atoms with van der Waals surface area (Å²) in [6.45, 7) is 0. The Morgan fingerprint density at radius 3 is 2.65 bits per heavy atom. The second-order valence-electron chi connectivity index (χ2n) is 5.97. The van der Waals surface area contributed by atoms with Gasteiger partial charge in [0, 0.05) is 24.0 Å². The number of fused-ring (bicyclic) bond motifs is 1. The van der Waals surface area contributed by atoms with E-state index in [2.05, 4.69) is 19.7 Å². The number of ether oxygens (including phenoxy) is 1. The molecule has 1 fully saturated rings. The highest BCUT2D eigenvalue weighted by Gasteiger charge is 2.17. The zero-order chi connectivity index (χ0) is 15.6. The summed E-state index contributed by atoms with van der Waals surface area (Å²) < 4.78 is 7.32. The molecule has 0 atom stereocenters. The van der Waals surface area contributed by atoms with Gasteiger partial charge in [0.15, 0.2) is 11.5 Å². The summed E-state index contributed by atoms with van der Waals surface area (Å²) in [6, 6.07) is 8.53. The fourth-order valence-electron chi connectivity index (χ4n) is 3.26. The monoisotopic (exact) mass is 308 g/mol. The molecule has 23 heavy (non-hydrogen) atoms. The van der Waals surface area contributed by atoms with Crippen LogP contribution in [0.5, 0.6) is 5.75 Å². The van der Waals surface area contributed by atoms with E-state index in [1.807, 2.05) is 42.9 Å². The summed E-state index contributed by atoms with van der Waals surface area (Å²) in [4.78, 5) is 9.13. The molecule has 1 aliphatic rings. The lowest BCUT2D eigenvalue weighted by molar-refractivity contribution is 0.415. The molecule has 0 unspecified atom stereocenters. The van der Waals surface area contributed by atoms with Crippen LogP contribution < -0.4 is 10.1 Å². The fourth-order valence-corrected chi connectivity index (χ4v) is 3.26. The molecule has 2 aromatic heterocycles. The third-order valence-corrected chi connectivity index (χ3v) is 4.51. The number of benzene rings is 1. The zero-order valence-electron chi connectivity index (χ0n) is 13.2. The molecule has 5 nitrogen and oxygen atoms in total. The summed E-state index contributed by atoms with van der Waals surface area (Å²) in [5.74, 6) is 1.72. The van der Waals surface area contributed by atoms with E-state index in [1.165, 1.54) is 25.7 Å². The zero-order valence-corrected chi connectivity index (χ0v) is 13.2. The van der Waals surface area contributed by atoms with Crippen molar-refractivity contribution >= 4 is 11.5 Å². The maximum Gasteiger partial charge on any atom is 0.180 e. The van der Waals surface area contributed by atoms with Crippen molar-refractivity contribution in [2.24, 2.45) is 0 Å². The second kappa shape index (κ2) is 5.91. The van der Waals surface area contributed by atoms with E-state index in [1.54, 1.807) is 7.11 Å². The molecule has 0 saturated heterocycles. The summed E-state index contributed by atoms with van der Waals surface area (Å²) in [5.41, 5.74) is 3.00. The molecule has 3 aromatic rings. The molecule has 0 spiro atoms. The van der Waals surface area contributed by atoms with Crippen LogP contribution in [0.15, 0.2) is 42.9 Å². The second-order valence-corrected chi connectivity index (χ2v) is 5.97. The standard InChI is InChI=1S/C18H20N4O/c1-23-15-8-6-13(7-9-15)16-12-20-17(18-19-10-11-22(16)18)21-14-4-2-3-5-14/h6-12,14H,2-5H2,1H3,(H,20,21). The van der Waals surface area contributed by atoms with Crippen molar-refractivity contribution in [3.63, 3.8) is 0 Å². The van der Waals surface area contributed by atoms with Gasteiger partial charge in [-0.25, -0.2) is 9.97 Å². The van der Waals surface area contributed by atoms with Gasteiger partial charge in [-0.3, -0.25) is 4.40 Å². The number of nitrogens with one attached hydrogen (secondary N) is 1. The molecule has 0 bridgehead atoms. The largest absolute Gasteiger partial charge is 0.497 e. The highest BCUT2D eigenvalue weighted by atomic mass is 16.5. The smallest absolute Gasteiger partial charge is 0.180 e. The Morgan fingerprint density at radius 1 is 1.13 bits per heavy atom. The predicted octanol–water partition coefficient (Wildman–Crippen LogP) is 3.76. The normalized spacial score (nSPS) is 15.2. The van der Waals surface area contributed by atoms with E-state index >= 15 is 0 Å². The number of methoxy groups -OCH3 is 1. The number of rotatable bonds is 4. The lowest BCUT2D eigenvalue weighted by atomic mass is 10.1. The van der Waals surface area contributed by atoms with Crippen molar-refractivity contribution in [3.05, 3.63) is 42.9 Å². The van der Waals surface area contributed by atoms with Crippen molar-refractivity contribution in [3.8, 4) is 17.0 Å². The lowest BCUT2D eigenvalue weighted by Gasteiger charge is -2.15. The molecule has 0 aliphatic heterocycles. The topological polar surface area (TPSA) is 51.5 Å². The molecule has 5 heteroatoms. The minimum atomic E-state index is 0.523. The highest BCUT2D eigenvalue weighted by Crippen LogP contribution is 2.27. The predicted molar refractivity (Wildman–Crippen MR) is 90.9 cm³/mol. The van der Waals surface area contributed by atoms with Gasteiger partial charge < -0.3 is 10.1 Å². The molecule has 1 aliphatic carbocycles. The van der Waals surface area contributed by atoms with Gasteiger partial charge >= 0.3 is 0 Å². The van der Waals surface area contributed by atoms with E-state index < -0.39 is 0 Å². The summed E-state index contributed by atoms with van der Waals surface area (Å²) in [5, 5.41) is 3.55. The van der Waals surface area contributed by atoms with E-state index in [-0.39, 0.29) is 0 Å². The van der Waals surface area contributed by atoms with Crippen molar-refractivity contribution in [2.45, 2.75) is 31.7 Å². The minimum Gasteiger partial charge on any atom is -0.497 e. The number of hydrogen-bond donors (Lipinski definition) is 1. The summed E-state index contributed by atoms with van der Waals surface area (Å²) >= 11 is 0.